The van der Waals surface area contributed by atoms with Gasteiger partial charge < -0.3 is 15.8 Å². The number of hydrogen-bond acceptors (Lipinski definition) is 4. The zero-order chi connectivity index (χ0) is 19.7. The molecule has 0 saturated heterocycles. The molecule has 2 heterocycles. The number of nitrogens with one attached hydrogen (secondary N) is 1. The summed E-state index contributed by atoms with van der Waals surface area (Å²) >= 11 is 0. The molecule has 1 aromatic heterocycles. The van der Waals surface area contributed by atoms with Crippen LogP contribution in [0.25, 0.3) is 11.1 Å². The lowest BCUT2D eigenvalue weighted by atomic mass is 9.74. The van der Waals surface area contributed by atoms with Crippen molar-refractivity contribution in [2.75, 3.05) is 13.7 Å². The molecule has 4 rings (SSSR count). The molecule has 1 aliphatic heterocycles. The van der Waals surface area contributed by atoms with Crippen molar-refractivity contribution >= 4 is 0 Å². The van der Waals surface area contributed by atoms with Crippen molar-refractivity contribution in [2.45, 2.75) is 12.3 Å². The number of aromatic nitrogens is 1. The summed E-state index contributed by atoms with van der Waals surface area (Å²) in [6, 6.07) is 17.5. The molecule has 142 valence electrons. The van der Waals surface area contributed by atoms with Gasteiger partial charge in [-0.1, -0.05) is 30.3 Å². The quantitative estimate of drug-likeness (QED) is 0.679. The van der Waals surface area contributed by atoms with Crippen LogP contribution in [0.5, 0.6) is 5.75 Å². The van der Waals surface area contributed by atoms with E-state index in [1.54, 1.807) is 19.2 Å². The van der Waals surface area contributed by atoms with E-state index in [1.165, 1.54) is 6.20 Å². The second-order valence-corrected chi connectivity index (χ2v) is 7.03. The molecule has 0 bridgehead atoms. The van der Waals surface area contributed by atoms with Gasteiger partial charge in [-0.3, -0.25) is 0 Å². The lowest BCUT2D eigenvalue weighted by Gasteiger charge is -2.29. The molecule has 5 heteroatoms. The molecule has 0 aliphatic carbocycles. The number of benzene rings is 2. The molecule has 4 nitrogen and oxygen atoms in total. The van der Waals surface area contributed by atoms with Crippen LogP contribution in [-0.2, 0) is 5.41 Å². The van der Waals surface area contributed by atoms with Crippen molar-refractivity contribution in [1.29, 1.82) is 0 Å². The number of pyridine rings is 1. The number of ether oxygens (including phenoxy) is 1. The van der Waals surface area contributed by atoms with Crippen molar-refractivity contribution in [2.24, 2.45) is 5.73 Å². The first-order valence-electron chi connectivity index (χ1n) is 9.12. The summed E-state index contributed by atoms with van der Waals surface area (Å²) in [5.41, 5.74) is 10.1. The fourth-order valence-corrected chi connectivity index (χ4v) is 3.87. The summed E-state index contributed by atoms with van der Waals surface area (Å²) < 4.78 is 19.6. The minimum atomic E-state index is -0.478. The summed E-state index contributed by atoms with van der Waals surface area (Å²) in [6.07, 6.45) is 3.49. The van der Waals surface area contributed by atoms with Gasteiger partial charge in [-0.05, 0) is 59.5 Å². The zero-order valence-corrected chi connectivity index (χ0v) is 15.9. The Hall–Kier alpha value is -3.34. The monoisotopic (exact) mass is 375 g/mol. The van der Waals surface area contributed by atoms with Crippen LogP contribution in [0.1, 0.15) is 16.7 Å². The number of rotatable bonds is 4. The Bertz CT molecular complexity index is 1060. The highest BCUT2D eigenvalue weighted by molar-refractivity contribution is 5.66. The molecular weight excluding hydrogens is 353 g/mol. The SMILES string of the molecule is COc1ccc(C2(c3cccc(-c4cccnc4F)c3)C=C(N)NC2)cc1C. The summed E-state index contributed by atoms with van der Waals surface area (Å²) in [6.45, 7) is 2.65. The number of aryl methyl sites for hydroxylation is 1. The first-order valence-corrected chi connectivity index (χ1v) is 9.12. The van der Waals surface area contributed by atoms with Gasteiger partial charge in [-0.25, -0.2) is 4.98 Å². The lowest BCUT2D eigenvalue weighted by molar-refractivity contribution is 0.411. The van der Waals surface area contributed by atoms with Gasteiger partial charge in [0.1, 0.15) is 5.75 Å². The van der Waals surface area contributed by atoms with E-state index in [9.17, 15) is 4.39 Å². The van der Waals surface area contributed by atoms with Gasteiger partial charge in [0.05, 0.1) is 18.3 Å². The van der Waals surface area contributed by atoms with Gasteiger partial charge in [-0.15, -0.1) is 0 Å². The number of nitrogens with zero attached hydrogens (tertiary/aromatic N) is 1. The molecule has 1 aliphatic rings. The maximum absolute atomic E-state index is 14.2. The molecule has 0 radical (unpaired) electrons. The average molecular weight is 375 g/mol. The van der Waals surface area contributed by atoms with E-state index >= 15 is 0 Å². The first-order chi connectivity index (χ1) is 13.5. The van der Waals surface area contributed by atoms with Crippen molar-refractivity contribution in [3.8, 4) is 16.9 Å². The summed E-state index contributed by atoms with van der Waals surface area (Å²) in [5, 5.41) is 3.25. The molecular formula is C23H22FN3O. The minimum Gasteiger partial charge on any atom is -0.496 e. The maximum Gasteiger partial charge on any atom is 0.220 e. The van der Waals surface area contributed by atoms with Crippen LogP contribution in [-0.4, -0.2) is 18.6 Å². The van der Waals surface area contributed by atoms with Gasteiger partial charge in [0, 0.05) is 18.3 Å². The van der Waals surface area contributed by atoms with Crippen LogP contribution in [0.15, 0.2) is 72.7 Å². The summed E-state index contributed by atoms with van der Waals surface area (Å²) in [7, 11) is 1.67. The molecule has 28 heavy (non-hydrogen) atoms. The van der Waals surface area contributed by atoms with Gasteiger partial charge in [0.15, 0.2) is 0 Å². The van der Waals surface area contributed by atoms with Crippen molar-refractivity contribution in [3.05, 3.63) is 95.3 Å². The van der Waals surface area contributed by atoms with Crippen LogP contribution in [0, 0.1) is 12.9 Å². The molecule has 1 atom stereocenters. The molecule has 0 amide bonds. The van der Waals surface area contributed by atoms with Gasteiger partial charge in [0.2, 0.25) is 5.95 Å². The predicted molar refractivity (Wildman–Crippen MR) is 108 cm³/mol. The fraction of sp³-hybridized carbons (Fsp3) is 0.174. The number of methoxy groups -OCH3 is 1. The van der Waals surface area contributed by atoms with E-state index in [0.29, 0.717) is 17.9 Å². The van der Waals surface area contributed by atoms with Crippen molar-refractivity contribution in [3.63, 3.8) is 0 Å². The van der Waals surface area contributed by atoms with E-state index in [4.69, 9.17) is 10.5 Å². The standard InChI is InChI=1S/C23H22FN3O/c1-15-11-18(8-9-20(15)28-2)23(13-21(25)27-14-23)17-6-3-5-16(12-17)19-7-4-10-26-22(19)24/h3-13,27H,14,25H2,1-2H3. The fourth-order valence-electron chi connectivity index (χ4n) is 3.87. The Morgan fingerprint density at radius 2 is 1.93 bits per heavy atom. The zero-order valence-electron chi connectivity index (χ0n) is 15.9. The third-order valence-electron chi connectivity index (χ3n) is 5.33. The number of nitrogens with two attached hydrogens (primary N) is 1. The smallest absolute Gasteiger partial charge is 0.220 e. The van der Waals surface area contributed by atoms with E-state index in [0.717, 1.165) is 28.0 Å². The molecule has 2 aromatic carbocycles. The largest absolute Gasteiger partial charge is 0.496 e. The number of hydrogen-bond donors (Lipinski definition) is 2. The summed E-state index contributed by atoms with van der Waals surface area (Å²) in [5.74, 6) is 0.994. The van der Waals surface area contributed by atoms with E-state index in [1.807, 2.05) is 43.3 Å². The molecule has 1 unspecified atom stereocenters. The Kier molecular flexibility index (Phi) is 4.51. The lowest BCUT2D eigenvalue weighted by Crippen LogP contribution is -2.31. The minimum absolute atomic E-state index is 0.449. The van der Waals surface area contributed by atoms with E-state index < -0.39 is 11.4 Å². The molecule has 0 saturated carbocycles. The third-order valence-corrected chi connectivity index (χ3v) is 5.33. The highest BCUT2D eigenvalue weighted by atomic mass is 19.1. The van der Waals surface area contributed by atoms with Gasteiger partial charge in [-0.2, -0.15) is 4.39 Å². The highest BCUT2D eigenvalue weighted by Gasteiger charge is 2.37. The van der Waals surface area contributed by atoms with Crippen LogP contribution in [0.4, 0.5) is 4.39 Å². The number of halogens is 1. The van der Waals surface area contributed by atoms with E-state index in [-0.39, 0.29) is 0 Å². The van der Waals surface area contributed by atoms with E-state index in [2.05, 4.69) is 22.4 Å². The first kappa shape index (κ1) is 18.0. The third kappa shape index (κ3) is 2.99. The Morgan fingerprint density at radius 3 is 2.61 bits per heavy atom. The van der Waals surface area contributed by atoms with Crippen LogP contribution >= 0.6 is 0 Å². The van der Waals surface area contributed by atoms with Crippen LogP contribution < -0.4 is 15.8 Å². The molecule has 0 fully saturated rings. The average Bonchev–Trinajstić information content (AvgIpc) is 3.11. The molecule has 3 aromatic rings. The Labute approximate surface area is 163 Å². The normalized spacial score (nSPS) is 18.5. The van der Waals surface area contributed by atoms with Crippen LogP contribution in [0.2, 0.25) is 0 Å². The highest BCUT2D eigenvalue weighted by Crippen LogP contribution is 2.39. The Balaban J connectivity index is 1.87. The van der Waals surface area contributed by atoms with Gasteiger partial charge in [0.25, 0.3) is 0 Å². The molecule has 0 spiro atoms. The van der Waals surface area contributed by atoms with Crippen molar-refractivity contribution < 1.29 is 9.13 Å². The van der Waals surface area contributed by atoms with Crippen molar-refractivity contribution in [1.82, 2.24) is 10.3 Å². The van der Waals surface area contributed by atoms with Crippen LogP contribution in [0.3, 0.4) is 0 Å². The summed E-state index contributed by atoms with van der Waals surface area (Å²) in [4.78, 5) is 3.78. The topological polar surface area (TPSA) is 60.2 Å². The maximum atomic E-state index is 14.2. The van der Waals surface area contributed by atoms with Gasteiger partial charge >= 0.3 is 0 Å². The second kappa shape index (κ2) is 7.00. The second-order valence-electron chi connectivity index (χ2n) is 7.03. The predicted octanol–water partition coefficient (Wildman–Crippen LogP) is 3.89. The molecule has 3 N–H and O–H groups in total. The Morgan fingerprint density at radius 1 is 1.11 bits per heavy atom.